The molecule has 7 heteroatoms. The van der Waals surface area contributed by atoms with Gasteiger partial charge in [0.15, 0.2) is 0 Å². The molecule has 0 aliphatic carbocycles. The number of rotatable bonds is 4. The number of hydrogen-bond acceptors (Lipinski definition) is 4. The normalized spacial score (nSPS) is 20.6. The maximum atomic E-state index is 11.6. The van der Waals surface area contributed by atoms with E-state index in [0.717, 1.165) is 32.1 Å². The van der Waals surface area contributed by atoms with Crippen molar-refractivity contribution in [3.05, 3.63) is 40.1 Å². The minimum atomic E-state index is -2.97. The average Bonchev–Trinajstić information content (AvgIpc) is 2.48. The van der Waals surface area contributed by atoms with Crippen molar-refractivity contribution in [2.75, 3.05) is 23.5 Å². The predicted molar refractivity (Wildman–Crippen MR) is 109 cm³/mol. The zero-order valence-corrected chi connectivity index (χ0v) is 17.5. The quantitative estimate of drug-likeness (QED) is 0.650. The fourth-order valence-electron chi connectivity index (χ4n) is 3.50. The lowest BCUT2D eigenvalue weighted by Gasteiger charge is -2.48. The van der Waals surface area contributed by atoms with E-state index in [4.69, 9.17) is 11.6 Å². The molecule has 2 atom stereocenters. The lowest BCUT2D eigenvalue weighted by atomic mass is 9.89. The number of aromatic nitrogens is 1. The van der Waals surface area contributed by atoms with Crippen molar-refractivity contribution < 1.29 is 8.42 Å². The van der Waals surface area contributed by atoms with Gasteiger partial charge in [0.1, 0.15) is 15.0 Å². The lowest BCUT2D eigenvalue weighted by Crippen LogP contribution is -2.57. The topological polar surface area (TPSA) is 50.3 Å². The first-order valence-electron chi connectivity index (χ1n) is 7.96. The van der Waals surface area contributed by atoms with Crippen molar-refractivity contribution in [1.82, 2.24) is 4.98 Å². The van der Waals surface area contributed by atoms with Gasteiger partial charge in [0.2, 0.25) is 0 Å². The molecule has 1 saturated heterocycles. The average molecular weight is 444 g/mol. The molecule has 25 heavy (non-hydrogen) atoms. The summed E-state index contributed by atoms with van der Waals surface area (Å²) in [5.74, 6) is 0.363. The monoisotopic (exact) mass is 442 g/mol. The van der Waals surface area contributed by atoms with Crippen molar-refractivity contribution in [2.45, 2.75) is 19.9 Å². The molecule has 0 saturated carbocycles. The van der Waals surface area contributed by atoms with Crippen molar-refractivity contribution >= 4 is 59.4 Å². The van der Waals surface area contributed by atoms with E-state index in [1.165, 1.54) is 6.26 Å². The van der Waals surface area contributed by atoms with E-state index in [9.17, 15) is 8.42 Å². The number of allylic oxidation sites excluding steroid dienone is 1. The molecular formula is C18H20BrClN2O2S. The molecule has 134 valence electrons. The molecule has 1 aromatic heterocycles. The highest BCUT2D eigenvalue weighted by molar-refractivity contribution is 9.10. The number of anilines is 1. The molecule has 1 aliphatic rings. The Kier molecular flexibility index (Phi) is 4.90. The molecule has 2 heterocycles. The first kappa shape index (κ1) is 18.7. The molecule has 0 amide bonds. The van der Waals surface area contributed by atoms with E-state index in [2.05, 4.69) is 45.4 Å². The zero-order chi connectivity index (χ0) is 18.5. The summed E-state index contributed by atoms with van der Waals surface area (Å²) in [4.78, 5) is 6.46. The third kappa shape index (κ3) is 3.57. The fourth-order valence-corrected chi connectivity index (χ4v) is 5.59. The van der Waals surface area contributed by atoms with Crippen LogP contribution in [0.4, 0.5) is 5.69 Å². The molecule has 0 spiro atoms. The lowest BCUT2D eigenvalue weighted by molar-refractivity contribution is 0.342. The second-order valence-corrected chi connectivity index (χ2v) is 10.3. The van der Waals surface area contributed by atoms with Gasteiger partial charge in [0.25, 0.3) is 0 Å². The Morgan fingerprint density at radius 3 is 2.68 bits per heavy atom. The van der Waals surface area contributed by atoms with E-state index in [1.807, 2.05) is 13.0 Å². The van der Waals surface area contributed by atoms with E-state index in [0.29, 0.717) is 11.7 Å². The largest absolute Gasteiger partial charge is 0.367 e. The second-order valence-electron chi connectivity index (χ2n) is 6.83. The fraction of sp³-hybridized carbons (Fsp3) is 0.389. The van der Waals surface area contributed by atoms with Crippen molar-refractivity contribution in [1.29, 1.82) is 0 Å². The number of nitrogens with zero attached hydrogens (tertiary/aromatic N) is 2. The first-order valence-corrected chi connectivity index (χ1v) is 11.2. The molecule has 0 unspecified atom stereocenters. The summed E-state index contributed by atoms with van der Waals surface area (Å²) in [5.41, 5.74) is 2.99. The molecule has 3 rings (SSSR count). The Labute approximate surface area is 161 Å². The summed E-state index contributed by atoms with van der Waals surface area (Å²) >= 11 is 9.77. The second kappa shape index (κ2) is 6.56. The number of fused-ring (bicyclic) bond motifs is 1. The Bertz CT molecular complexity index is 975. The van der Waals surface area contributed by atoms with Crippen LogP contribution in [0.5, 0.6) is 0 Å². The van der Waals surface area contributed by atoms with Gasteiger partial charge in [-0.1, -0.05) is 34.1 Å². The SMILES string of the molecule is C=C(C)c1c(Br)cc(N2C[C@H](CS(C)(=O)=O)[C@H]2C)c2cnc(Cl)cc12. The molecule has 4 nitrogen and oxygen atoms in total. The van der Waals surface area contributed by atoms with Crippen LogP contribution in [0.15, 0.2) is 29.4 Å². The number of hydrogen-bond donors (Lipinski definition) is 0. The van der Waals surface area contributed by atoms with Crippen LogP contribution in [-0.4, -0.2) is 38.0 Å². The summed E-state index contributed by atoms with van der Waals surface area (Å²) < 4.78 is 24.1. The number of benzene rings is 1. The Morgan fingerprint density at radius 1 is 1.44 bits per heavy atom. The van der Waals surface area contributed by atoms with Crippen LogP contribution in [0, 0.1) is 5.92 Å². The smallest absolute Gasteiger partial charge is 0.147 e. The van der Waals surface area contributed by atoms with Crippen LogP contribution < -0.4 is 4.90 Å². The summed E-state index contributed by atoms with van der Waals surface area (Å²) in [6, 6.07) is 4.07. The van der Waals surface area contributed by atoms with Gasteiger partial charge in [-0.15, -0.1) is 0 Å². The van der Waals surface area contributed by atoms with Gasteiger partial charge in [-0.05, 0) is 42.5 Å². The van der Waals surface area contributed by atoms with E-state index < -0.39 is 9.84 Å². The van der Waals surface area contributed by atoms with E-state index >= 15 is 0 Å². The van der Waals surface area contributed by atoms with Crippen LogP contribution in [0.3, 0.4) is 0 Å². The van der Waals surface area contributed by atoms with Crippen molar-refractivity contribution in [3.8, 4) is 0 Å². The molecule has 1 fully saturated rings. The summed E-state index contributed by atoms with van der Waals surface area (Å²) in [6.45, 7) is 8.81. The maximum absolute atomic E-state index is 11.6. The molecule has 0 N–H and O–H groups in total. The van der Waals surface area contributed by atoms with Crippen molar-refractivity contribution in [3.63, 3.8) is 0 Å². The van der Waals surface area contributed by atoms with Gasteiger partial charge in [-0.2, -0.15) is 0 Å². The Morgan fingerprint density at radius 2 is 2.12 bits per heavy atom. The van der Waals surface area contributed by atoms with Gasteiger partial charge in [0, 0.05) is 46.5 Å². The van der Waals surface area contributed by atoms with Gasteiger partial charge in [-0.25, -0.2) is 13.4 Å². The third-order valence-corrected chi connectivity index (χ3v) is 6.64. The number of sulfone groups is 1. The Hall–Kier alpha value is -1.11. The standard InChI is InChI=1S/C18H20BrClN2O2S/c1-10(2)18-13-5-17(20)21-7-14(13)16(6-15(18)19)22-8-12(11(22)3)9-25(4,23)24/h5-7,11-12H,1,8-9H2,2-4H3/t11-,12-/m1/s1. The van der Waals surface area contributed by atoms with Gasteiger partial charge in [0.05, 0.1) is 5.75 Å². The number of halogens is 2. The van der Waals surface area contributed by atoms with Crippen LogP contribution in [-0.2, 0) is 9.84 Å². The van der Waals surface area contributed by atoms with Gasteiger partial charge in [-0.3, -0.25) is 0 Å². The molecule has 2 aromatic rings. The predicted octanol–water partition coefficient (Wildman–Crippen LogP) is 4.55. The summed E-state index contributed by atoms with van der Waals surface area (Å²) in [5, 5.41) is 2.43. The third-order valence-electron chi connectivity index (χ3n) is 4.78. The molecule has 1 aliphatic heterocycles. The minimum absolute atomic E-state index is 0.143. The van der Waals surface area contributed by atoms with Gasteiger partial charge >= 0.3 is 0 Å². The summed E-state index contributed by atoms with van der Waals surface area (Å²) in [7, 11) is -2.97. The van der Waals surface area contributed by atoms with Gasteiger partial charge < -0.3 is 4.90 Å². The zero-order valence-electron chi connectivity index (χ0n) is 14.4. The van der Waals surface area contributed by atoms with Crippen LogP contribution in [0.2, 0.25) is 5.15 Å². The number of pyridine rings is 1. The van der Waals surface area contributed by atoms with Crippen LogP contribution >= 0.6 is 27.5 Å². The molecule has 0 bridgehead atoms. The molecule has 1 aromatic carbocycles. The summed E-state index contributed by atoms with van der Waals surface area (Å²) in [6.07, 6.45) is 3.07. The first-order chi connectivity index (χ1) is 11.6. The highest BCUT2D eigenvalue weighted by atomic mass is 79.9. The Balaban J connectivity index is 2.07. The highest BCUT2D eigenvalue weighted by Gasteiger charge is 2.38. The van der Waals surface area contributed by atoms with E-state index in [1.54, 1.807) is 6.20 Å². The molecular weight excluding hydrogens is 424 g/mol. The van der Waals surface area contributed by atoms with E-state index in [-0.39, 0.29) is 17.7 Å². The maximum Gasteiger partial charge on any atom is 0.147 e. The van der Waals surface area contributed by atoms with Crippen LogP contribution in [0.25, 0.3) is 16.3 Å². The van der Waals surface area contributed by atoms with Crippen molar-refractivity contribution in [2.24, 2.45) is 5.92 Å². The van der Waals surface area contributed by atoms with Crippen LogP contribution in [0.1, 0.15) is 19.4 Å². The minimum Gasteiger partial charge on any atom is -0.367 e. The highest BCUT2D eigenvalue weighted by Crippen LogP contribution is 2.42. The molecule has 0 radical (unpaired) electrons.